The molecule has 134 valence electrons. The van der Waals surface area contributed by atoms with Gasteiger partial charge in [0.15, 0.2) is 0 Å². The van der Waals surface area contributed by atoms with Crippen molar-refractivity contribution in [2.75, 3.05) is 31.1 Å². The second-order valence-corrected chi connectivity index (χ2v) is 7.87. The van der Waals surface area contributed by atoms with Gasteiger partial charge < -0.3 is 14.2 Å². The Morgan fingerprint density at radius 2 is 1.85 bits per heavy atom. The topological polar surface area (TPSA) is 39.9 Å². The van der Waals surface area contributed by atoms with Crippen LogP contribution in [0.1, 0.15) is 5.76 Å². The van der Waals surface area contributed by atoms with E-state index >= 15 is 0 Å². The zero-order valence-corrected chi connectivity index (χ0v) is 15.8. The Balaban J connectivity index is 1.38. The molecule has 0 aliphatic carbocycles. The highest BCUT2D eigenvalue weighted by atomic mass is 32.2. The van der Waals surface area contributed by atoms with Gasteiger partial charge in [0.25, 0.3) is 5.91 Å². The number of benzene rings is 1. The molecule has 2 aliphatic heterocycles. The third-order valence-corrected chi connectivity index (χ3v) is 5.87. The zero-order chi connectivity index (χ0) is 17.9. The van der Waals surface area contributed by atoms with Gasteiger partial charge in [-0.15, -0.1) is 0 Å². The molecule has 3 heterocycles. The van der Waals surface area contributed by atoms with Crippen LogP contribution in [-0.4, -0.2) is 46.2 Å². The summed E-state index contributed by atoms with van der Waals surface area (Å²) < 4.78 is 5.92. The van der Waals surface area contributed by atoms with Crippen LogP contribution in [0.2, 0.25) is 0 Å². The largest absolute Gasteiger partial charge is 0.467 e. The van der Waals surface area contributed by atoms with Crippen LogP contribution in [0.3, 0.4) is 0 Å². The molecule has 7 heteroatoms. The highest BCUT2D eigenvalue weighted by Gasteiger charge is 2.33. The molecule has 1 amide bonds. The zero-order valence-electron chi connectivity index (χ0n) is 14.2. The Morgan fingerprint density at radius 1 is 1.08 bits per heavy atom. The third kappa shape index (κ3) is 3.64. The van der Waals surface area contributed by atoms with Gasteiger partial charge in [-0.1, -0.05) is 42.2 Å². The Bertz CT molecular complexity index is 813. The standard InChI is InChI=1S/C19H19N3O2S2/c23-18-17(26-19(25)22(18)13-16-7-4-12-24-16)14-20-8-10-21(11-9-20)15-5-2-1-3-6-15/h1-7,12,14H,8-11,13H2/b17-14+. The van der Waals surface area contributed by atoms with Gasteiger partial charge in [-0.2, -0.15) is 0 Å². The van der Waals surface area contributed by atoms with E-state index in [1.807, 2.05) is 24.4 Å². The first-order chi connectivity index (χ1) is 12.7. The average molecular weight is 386 g/mol. The maximum atomic E-state index is 12.7. The van der Waals surface area contributed by atoms with Crippen LogP contribution in [0.5, 0.6) is 0 Å². The van der Waals surface area contributed by atoms with E-state index in [0.717, 1.165) is 31.9 Å². The fourth-order valence-electron chi connectivity index (χ4n) is 3.10. The lowest BCUT2D eigenvalue weighted by Crippen LogP contribution is -2.44. The van der Waals surface area contributed by atoms with Gasteiger partial charge in [-0.25, -0.2) is 0 Å². The molecule has 0 bridgehead atoms. The molecule has 1 aromatic carbocycles. The number of piperazine rings is 1. The van der Waals surface area contributed by atoms with Crippen molar-refractivity contribution in [3.63, 3.8) is 0 Å². The minimum atomic E-state index is -0.0399. The third-order valence-electron chi connectivity index (χ3n) is 4.50. The van der Waals surface area contributed by atoms with E-state index in [9.17, 15) is 4.79 Å². The number of thioether (sulfide) groups is 1. The van der Waals surface area contributed by atoms with Gasteiger partial charge in [-0.3, -0.25) is 9.69 Å². The molecule has 2 aromatic rings. The van der Waals surface area contributed by atoms with E-state index in [1.165, 1.54) is 17.4 Å². The molecule has 2 fully saturated rings. The highest BCUT2D eigenvalue weighted by molar-refractivity contribution is 8.26. The van der Waals surface area contributed by atoms with Crippen LogP contribution in [0.15, 0.2) is 64.2 Å². The number of rotatable bonds is 4. The number of furan rings is 1. The maximum Gasteiger partial charge on any atom is 0.268 e. The van der Waals surface area contributed by atoms with Gasteiger partial charge in [-0.05, 0) is 24.3 Å². The van der Waals surface area contributed by atoms with Crippen molar-refractivity contribution in [2.45, 2.75) is 6.54 Å². The Kier molecular flexibility index (Phi) is 4.99. The maximum absolute atomic E-state index is 12.7. The van der Waals surface area contributed by atoms with Crippen molar-refractivity contribution in [1.29, 1.82) is 0 Å². The fraction of sp³-hybridized carbons (Fsp3) is 0.263. The monoisotopic (exact) mass is 385 g/mol. The Morgan fingerprint density at radius 3 is 2.54 bits per heavy atom. The summed E-state index contributed by atoms with van der Waals surface area (Å²) in [4.78, 5) is 19.5. The number of carbonyl (C=O) groups is 1. The molecule has 0 N–H and O–H groups in total. The summed E-state index contributed by atoms with van der Waals surface area (Å²) in [5.41, 5.74) is 1.25. The van der Waals surface area contributed by atoms with Crippen LogP contribution in [0, 0.1) is 0 Å². The minimum Gasteiger partial charge on any atom is -0.467 e. The first-order valence-electron chi connectivity index (χ1n) is 8.52. The van der Waals surface area contributed by atoms with E-state index in [2.05, 4.69) is 34.1 Å². The number of nitrogens with zero attached hydrogens (tertiary/aromatic N) is 3. The Hall–Kier alpha value is -2.25. The first kappa shape index (κ1) is 17.2. The number of amides is 1. The molecule has 2 saturated heterocycles. The summed E-state index contributed by atoms with van der Waals surface area (Å²) in [5.74, 6) is 0.695. The van der Waals surface area contributed by atoms with E-state index < -0.39 is 0 Å². The van der Waals surface area contributed by atoms with Gasteiger partial charge in [0, 0.05) is 38.1 Å². The van der Waals surface area contributed by atoms with Gasteiger partial charge >= 0.3 is 0 Å². The number of hydrogen-bond donors (Lipinski definition) is 0. The molecule has 0 spiro atoms. The molecule has 1 aromatic heterocycles. The predicted octanol–water partition coefficient (Wildman–Crippen LogP) is 3.30. The van der Waals surface area contributed by atoms with Crippen LogP contribution in [0.4, 0.5) is 5.69 Å². The van der Waals surface area contributed by atoms with Crippen molar-refractivity contribution >= 4 is 39.9 Å². The van der Waals surface area contributed by atoms with Crippen LogP contribution in [0.25, 0.3) is 0 Å². The summed E-state index contributed by atoms with van der Waals surface area (Å²) in [6, 6.07) is 14.1. The number of para-hydroxylation sites is 1. The first-order valence-corrected chi connectivity index (χ1v) is 9.75. The molecule has 5 nitrogen and oxygen atoms in total. The second-order valence-electron chi connectivity index (χ2n) is 6.19. The fourth-order valence-corrected chi connectivity index (χ4v) is 4.36. The van der Waals surface area contributed by atoms with E-state index in [-0.39, 0.29) is 5.91 Å². The minimum absolute atomic E-state index is 0.0399. The van der Waals surface area contributed by atoms with E-state index in [4.69, 9.17) is 16.6 Å². The number of hydrogen-bond acceptors (Lipinski definition) is 6. The predicted molar refractivity (Wildman–Crippen MR) is 108 cm³/mol. The van der Waals surface area contributed by atoms with E-state index in [1.54, 1.807) is 11.2 Å². The van der Waals surface area contributed by atoms with Crippen molar-refractivity contribution < 1.29 is 9.21 Å². The second kappa shape index (κ2) is 7.55. The lowest BCUT2D eigenvalue weighted by atomic mass is 10.2. The quantitative estimate of drug-likeness (QED) is 0.594. The van der Waals surface area contributed by atoms with Crippen molar-refractivity contribution in [3.8, 4) is 0 Å². The van der Waals surface area contributed by atoms with Gasteiger partial charge in [0.05, 0.1) is 17.7 Å². The SMILES string of the molecule is O=C1/C(=C\N2CCN(c3ccccc3)CC2)SC(=S)N1Cc1ccco1. The molecular formula is C19H19N3O2S2. The molecule has 0 saturated carbocycles. The molecule has 0 radical (unpaired) electrons. The molecule has 26 heavy (non-hydrogen) atoms. The Labute approximate surface area is 162 Å². The molecule has 0 unspecified atom stereocenters. The molecule has 0 atom stereocenters. The molecule has 2 aliphatic rings. The summed E-state index contributed by atoms with van der Waals surface area (Å²) in [5, 5.41) is 0. The highest BCUT2D eigenvalue weighted by Crippen LogP contribution is 2.32. The van der Waals surface area contributed by atoms with Crippen LogP contribution in [-0.2, 0) is 11.3 Å². The summed E-state index contributed by atoms with van der Waals surface area (Å²) >= 11 is 6.74. The van der Waals surface area contributed by atoms with Crippen molar-refractivity contribution in [3.05, 3.63) is 65.6 Å². The lowest BCUT2D eigenvalue weighted by molar-refractivity contribution is -0.122. The number of carbonyl (C=O) groups excluding carboxylic acids is 1. The smallest absolute Gasteiger partial charge is 0.268 e. The van der Waals surface area contributed by atoms with E-state index in [0.29, 0.717) is 15.8 Å². The number of anilines is 1. The number of thiocarbonyl (C=S) groups is 1. The van der Waals surface area contributed by atoms with Gasteiger partial charge in [0.2, 0.25) is 0 Å². The van der Waals surface area contributed by atoms with Crippen molar-refractivity contribution in [2.24, 2.45) is 0 Å². The lowest BCUT2D eigenvalue weighted by Gasteiger charge is -2.35. The van der Waals surface area contributed by atoms with Crippen LogP contribution < -0.4 is 4.90 Å². The van der Waals surface area contributed by atoms with Crippen molar-refractivity contribution in [1.82, 2.24) is 9.80 Å². The summed E-state index contributed by atoms with van der Waals surface area (Å²) in [6.45, 7) is 4.03. The van der Waals surface area contributed by atoms with Crippen LogP contribution >= 0.6 is 24.0 Å². The molecular weight excluding hydrogens is 366 g/mol. The average Bonchev–Trinajstić information content (AvgIpc) is 3.27. The summed E-state index contributed by atoms with van der Waals surface area (Å²) in [6.07, 6.45) is 3.57. The van der Waals surface area contributed by atoms with Gasteiger partial charge in [0.1, 0.15) is 10.1 Å². The summed E-state index contributed by atoms with van der Waals surface area (Å²) in [7, 11) is 0. The molecule has 4 rings (SSSR count). The normalized spacial score (nSPS) is 19.7.